The summed E-state index contributed by atoms with van der Waals surface area (Å²) < 4.78 is 13.0. The standard InChI is InChI=1S/C13H17ClFN3O/c1-9-7-16-4-5-18(9)8-13(19)17-10-2-3-12(15)11(14)6-10/h2-3,6,9,16H,4-5,7-8H2,1H3,(H,17,19)/t9-/m1/s1. The maximum absolute atomic E-state index is 13.0. The van der Waals surface area contributed by atoms with Crippen molar-refractivity contribution in [2.45, 2.75) is 13.0 Å². The molecule has 1 aromatic carbocycles. The lowest BCUT2D eigenvalue weighted by Crippen LogP contribution is -2.51. The van der Waals surface area contributed by atoms with E-state index in [9.17, 15) is 9.18 Å². The molecule has 0 spiro atoms. The van der Waals surface area contributed by atoms with Gasteiger partial charge in [-0.05, 0) is 25.1 Å². The molecule has 1 aromatic rings. The summed E-state index contributed by atoms with van der Waals surface area (Å²) in [5.74, 6) is -0.605. The summed E-state index contributed by atoms with van der Waals surface area (Å²) in [6.07, 6.45) is 0. The SMILES string of the molecule is C[C@@H]1CNCCN1CC(=O)Nc1ccc(F)c(Cl)c1. The molecular weight excluding hydrogens is 269 g/mol. The lowest BCUT2D eigenvalue weighted by atomic mass is 10.2. The van der Waals surface area contributed by atoms with E-state index in [-0.39, 0.29) is 10.9 Å². The molecular formula is C13H17ClFN3O. The van der Waals surface area contributed by atoms with Gasteiger partial charge in [0.25, 0.3) is 0 Å². The van der Waals surface area contributed by atoms with Crippen molar-refractivity contribution in [2.24, 2.45) is 0 Å². The summed E-state index contributed by atoms with van der Waals surface area (Å²) in [7, 11) is 0. The van der Waals surface area contributed by atoms with Gasteiger partial charge in [-0.3, -0.25) is 9.69 Å². The molecule has 104 valence electrons. The molecule has 1 atom stereocenters. The van der Waals surface area contributed by atoms with Crippen LogP contribution in [0.5, 0.6) is 0 Å². The van der Waals surface area contributed by atoms with Crippen LogP contribution in [0.25, 0.3) is 0 Å². The molecule has 1 amide bonds. The number of carbonyl (C=O) groups is 1. The summed E-state index contributed by atoms with van der Waals surface area (Å²) in [4.78, 5) is 14.0. The molecule has 1 saturated heterocycles. The van der Waals surface area contributed by atoms with Crippen LogP contribution in [0.3, 0.4) is 0 Å². The van der Waals surface area contributed by atoms with E-state index >= 15 is 0 Å². The molecule has 4 nitrogen and oxygen atoms in total. The summed E-state index contributed by atoms with van der Waals surface area (Å²) in [5, 5.41) is 6.00. The number of benzene rings is 1. The van der Waals surface area contributed by atoms with Gasteiger partial charge in [0.1, 0.15) is 5.82 Å². The minimum absolute atomic E-state index is 0.00772. The molecule has 0 unspecified atom stereocenters. The Morgan fingerprint density at radius 2 is 2.42 bits per heavy atom. The van der Waals surface area contributed by atoms with Crippen molar-refractivity contribution < 1.29 is 9.18 Å². The molecule has 0 aromatic heterocycles. The van der Waals surface area contributed by atoms with Crippen molar-refractivity contribution in [3.63, 3.8) is 0 Å². The van der Waals surface area contributed by atoms with Crippen LogP contribution in [0.1, 0.15) is 6.92 Å². The summed E-state index contributed by atoms with van der Waals surface area (Å²) in [5.41, 5.74) is 0.513. The molecule has 0 aliphatic carbocycles. The highest BCUT2D eigenvalue weighted by Crippen LogP contribution is 2.19. The summed E-state index contributed by atoms with van der Waals surface area (Å²) in [6, 6.07) is 4.48. The highest BCUT2D eigenvalue weighted by atomic mass is 35.5. The van der Waals surface area contributed by atoms with E-state index in [1.54, 1.807) is 0 Å². The van der Waals surface area contributed by atoms with Gasteiger partial charge in [0.15, 0.2) is 0 Å². The minimum Gasteiger partial charge on any atom is -0.325 e. The average molecular weight is 286 g/mol. The van der Waals surface area contributed by atoms with Gasteiger partial charge in [0.05, 0.1) is 11.6 Å². The van der Waals surface area contributed by atoms with Crippen molar-refractivity contribution in [3.05, 3.63) is 29.0 Å². The highest BCUT2D eigenvalue weighted by Gasteiger charge is 2.20. The second kappa shape index (κ2) is 6.32. The van der Waals surface area contributed by atoms with Crippen molar-refractivity contribution >= 4 is 23.2 Å². The zero-order valence-electron chi connectivity index (χ0n) is 10.7. The van der Waals surface area contributed by atoms with Crippen LogP contribution in [0.4, 0.5) is 10.1 Å². The maximum atomic E-state index is 13.0. The van der Waals surface area contributed by atoms with Gasteiger partial charge in [0.2, 0.25) is 5.91 Å². The first-order valence-corrected chi connectivity index (χ1v) is 6.64. The van der Waals surface area contributed by atoms with E-state index in [1.165, 1.54) is 18.2 Å². The Morgan fingerprint density at radius 1 is 1.63 bits per heavy atom. The van der Waals surface area contributed by atoms with Crippen molar-refractivity contribution in [1.82, 2.24) is 10.2 Å². The Kier molecular flexibility index (Phi) is 4.74. The Labute approximate surface area is 116 Å². The molecule has 6 heteroatoms. The second-order valence-corrected chi connectivity index (χ2v) is 5.11. The van der Waals surface area contributed by atoms with Crippen molar-refractivity contribution in [2.75, 3.05) is 31.5 Å². The average Bonchev–Trinajstić information content (AvgIpc) is 2.37. The lowest BCUT2D eigenvalue weighted by Gasteiger charge is -2.33. The topological polar surface area (TPSA) is 44.4 Å². The number of nitrogens with zero attached hydrogens (tertiary/aromatic N) is 1. The third kappa shape index (κ3) is 3.89. The Balaban J connectivity index is 1.91. The van der Waals surface area contributed by atoms with Gasteiger partial charge in [-0.15, -0.1) is 0 Å². The monoisotopic (exact) mass is 285 g/mol. The number of nitrogens with one attached hydrogen (secondary N) is 2. The van der Waals surface area contributed by atoms with Gasteiger partial charge >= 0.3 is 0 Å². The molecule has 0 radical (unpaired) electrons. The number of carbonyl (C=O) groups excluding carboxylic acids is 1. The summed E-state index contributed by atoms with van der Waals surface area (Å²) >= 11 is 5.67. The predicted octanol–water partition coefficient (Wildman–Crippen LogP) is 1.71. The zero-order valence-corrected chi connectivity index (χ0v) is 11.5. The van der Waals surface area contributed by atoms with Crippen LogP contribution >= 0.6 is 11.6 Å². The van der Waals surface area contributed by atoms with Gasteiger partial charge in [-0.25, -0.2) is 4.39 Å². The largest absolute Gasteiger partial charge is 0.325 e. The zero-order chi connectivity index (χ0) is 13.8. The number of rotatable bonds is 3. The Hall–Kier alpha value is -1.17. The van der Waals surface area contributed by atoms with Crippen molar-refractivity contribution in [1.29, 1.82) is 0 Å². The van der Waals surface area contributed by atoms with Crippen molar-refractivity contribution in [3.8, 4) is 0 Å². The first-order valence-electron chi connectivity index (χ1n) is 6.26. The molecule has 0 saturated carbocycles. The molecule has 19 heavy (non-hydrogen) atoms. The molecule has 2 rings (SSSR count). The molecule has 1 aliphatic rings. The van der Waals surface area contributed by atoms with Crippen LogP contribution in [0.2, 0.25) is 5.02 Å². The predicted molar refractivity (Wildman–Crippen MR) is 73.9 cm³/mol. The van der Waals surface area contributed by atoms with Crippen LogP contribution in [-0.2, 0) is 4.79 Å². The van der Waals surface area contributed by atoms with Gasteiger partial charge in [0, 0.05) is 31.4 Å². The fraction of sp³-hybridized carbons (Fsp3) is 0.462. The first kappa shape index (κ1) is 14.2. The lowest BCUT2D eigenvalue weighted by molar-refractivity contribution is -0.118. The smallest absolute Gasteiger partial charge is 0.238 e. The normalized spacial score (nSPS) is 20.3. The number of anilines is 1. The van der Waals surface area contributed by atoms with Crippen LogP contribution in [-0.4, -0.2) is 43.0 Å². The fourth-order valence-electron chi connectivity index (χ4n) is 2.08. The maximum Gasteiger partial charge on any atom is 0.238 e. The molecule has 1 fully saturated rings. The number of halogens is 2. The number of amides is 1. The van der Waals surface area contributed by atoms with E-state index in [0.717, 1.165) is 19.6 Å². The Bertz CT molecular complexity index is 469. The number of hydrogen-bond donors (Lipinski definition) is 2. The number of piperazine rings is 1. The van der Waals surface area contributed by atoms with Gasteiger partial charge < -0.3 is 10.6 Å². The first-order chi connectivity index (χ1) is 9.06. The molecule has 0 bridgehead atoms. The van der Waals surface area contributed by atoms with E-state index in [2.05, 4.69) is 22.5 Å². The highest BCUT2D eigenvalue weighted by molar-refractivity contribution is 6.31. The van der Waals surface area contributed by atoms with Crippen LogP contribution in [0, 0.1) is 5.82 Å². The second-order valence-electron chi connectivity index (χ2n) is 4.70. The third-order valence-corrected chi connectivity index (χ3v) is 3.48. The van der Waals surface area contributed by atoms with Gasteiger partial charge in [-0.1, -0.05) is 11.6 Å². The minimum atomic E-state index is -0.490. The third-order valence-electron chi connectivity index (χ3n) is 3.19. The van der Waals surface area contributed by atoms with E-state index in [1.807, 2.05) is 0 Å². The van der Waals surface area contributed by atoms with E-state index in [0.29, 0.717) is 18.3 Å². The molecule has 2 N–H and O–H groups in total. The van der Waals surface area contributed by atoms with Crippen LogP contribution < -0.4 is 10.6 Å². The fourth-order valence-corrected chi connectivity index (χ4v) is 2.26. The summed E-state index contributed by atoms with van der Waals surface area (Å²) in [6.45, 7) is 5.03. The molecule has 1 heterocycles. The molecule has 1 aliphatic heterocycles. The van der Waals surface area contributed by atoms with E-state index in [4.69, 9.17) is 11.6 Å². The van der Waals surface area contributed by atoms with Gasteiger partial charge in [-0.2, -0.15) is 0 Å². The quantitative estimate of drug-likeness (QED) is 0.889. The number of hydrogen-bond acceptors (Lipinski definition) is 3. The Morgan fingerprint density at radius 3 is 3.11 bits per heavy atom. The van der Waals surface area contributed by atoms with Crippen LogP contribution in [0.15, 0.2) is 18.2 Å². The van der Waals surface area contributed by atoms with E-state index < -0.39 is 5.82 Å².